The number of nitrogens with zero attached hydrogens (tertiary/aromatic N) is 2. The lowest BCUT2D eigenvalue weighted by molar-refractivity contribution is -0.130. The number of carbonyl (C=O) groups excluding carboxylic acids is 1. The van der Waals surface area contributed by atoms with Gasteiger partial charge in [0.15, 0.2) is 0 Å². The monoisotopic (exact) mass is 195 g/mol. The Bertz CT molecular complexity index is 271. The lowest BCUT2D eigenvalue weighted by Crippen LogP contribution is -2.32. The van der Waals surface area contributed by atoms with Crippen LogP contribution in [0.2, 0.25) is 0 Å². The van der Waals surface area contributed by atoms with Gasteiger partial charge in [0.1, 0.15) is 0 Å². The highest BCUT2D eigenvalue weighted by atomic mass is 16.2. The summed E-state index contributed by atoms with van der Waals surface area (Å²) in [5.74, 6) is 0.827. The summed E-state index contributed by atoms with van der Waals surface area (Å²) in [4.78, 5) is 11.6. The van der Waals surface area contributed by atoms with Gasteiger partial charge in [-0.15, -0.1) is 0 Å². The van der Waals surface area contributed by atoms with Crippen molar-refractivity contribution in [3.63, 3.8) is 0 Å². The van der Waals surface area contributed by atoms with Crippen LogP contribution >= 0.6 is 0 Å². The fraction of sp³-hybridized carbons (Fsp3) is 0.800. The lowest BCUT2D eigenvalue weighted by Gasteiger charge is -2.19. The molecule has 2 rings (SSSR count). The van der Waals surface area contributed by atoms with Gasteiger partial charge in [-0.3, -0.25) is 4.79 Å². The number of carbonyl (C=O) groups is 1. The third kappa shape index (κ3) is 1.80. The van der Waals surface area contributed by atoms with E-state index in [0.29, 0.717) is 18.9 Å². The van der Waals surface area contributed by atoms with Gasteiger partial charge in [0.25, 0.3) is 0 Å². The molecule has 4 nitrogen and oxygen atoms in total. The van der Waals surface area contributed by atoms with Crippen molar-refractivity contribution in [2.45, 2.75) is 38.6 Å². The molecule has 1 aliphatic heterocycles. The Labute approximate surface area is 84.1 Å². The van der Waals surface area contributed by atoms with Crippen LogP contribution in [0.15, 0.2) is 5.10 Å². The minimum Gasteiger partial charge on any atom is -0.330 e. The van der Waals surface area contributed by atoms with Crippen molar-refractivity contribution in [1.82, 2.24) is 5.01 Å². The van der Waals surface area contributed by atoms with Crippen molar-refractivity contribution in [3.05, 3.63) is 0 Å². The molecule has 0 aromatic carbocycles. The molecule has 1 amide bonds. The van der Waals surface area contributed by atoms with Crippen molar-refractivity contribution in [2.24, 2.45) is 16.8 Å². The van der Waals surface area contributed by atoms with Gasteiger partial charge in [-0.2, -0.15) is 5.10 Å². The molecule has 2 aliphatic rings. The summed E-state index contributed by atoms with van der Waals surface area (Å²) in [7, 11) is 0. The summed E-state index contributed by atoms with van der Waals surface area (Å²) < 4.78 is 0. The normalized spacial score (nSPS) is 24.0. The Morgan fingerprint density at radius 1 is 1.64 bits per heavy atom. The number of amides is 1. The zero-order valence-electron chi connectivity index (χ0n) is 8.57. The largest absolute Gasteiger partial charge is 0.330 e. The number of hydrazone groups is 1. The van der Waals surface area contributed by atoms with E-state index in [1.807, 2.05) is 0 Å². The van der Waals surface area contributed by atoms with Gasteiger partial charge in [0.2, 0.25) is 5.91 Å². The highest BCUT2D eigenvalue weighted by molar-refractivity contribution is 6.05. The SMILES string of the molecule is CC(C1CC1)N1N=C(CCN)CC1=O. The minimum absolute atomic E-state index is 0.146. The van der Waals surface area contributed by atoms with E-state index in [2.05, 4.69) is 12.0 Å². The average molecular weight is 195 g/mol. The van der Waals surface area contributed by atoms with Crippen molar-refractivity contribution in [2.75, 3.05) is 6.54 Å². The van der Waals surface area contributed by atoms with E-state index in [4.69, 9.17) is 5.73 Å². The highest BCUT2D eigenvalue weighted by Gasteiger charge is 2.37. The predicted octanol–water partition coefficient (Wildman–Crippen LogP) is 0.722. The Morgan fingerprint density at radius 3 is 2.93 bits per heavy atom. The van der Waals surface area contributed by atoms with Crippen molar-refractivity contribution >= 4 is 11.6 Å². The van der Waals surface area contributed by atoms with Gasteiger partial charge in [0.05, 0.1) is 12.5 Å². The maximum Gasteiger partial charge on any atom is 0.248 e. The van der Waals surface area contributed by atoms with Gasteiger partial charge >= 0.3 is 0 Å². The molecule has 0 aromatic heterocycles. The molecule has 1 aliphatic carbocycles. The smallest absolute Gasteiger partial charge is 0.248 e. The molecule has 1 saturated carbocycles. The summed E-state index contributed by atoms with van der Waals surface area (Å²) in [6.45, 7) is 2.67. The standard InChI is InChI=1S/C10H17N3O/c1-7(8-2-3-8)13-10(14)6-9(12-13)4-5-11/h7-8H,2-6,11H2,1H3. The Kier molecular flexibility index (Phi) is 2.54. The number of nitrogens with two attached hydrogens (primary N) is 1. The summed E-state index contributed by atoms with van der Waals surface area (Å²) in [6, 6.07) is 0.290. The number of hydrogen-bond donors (Lipinski definition) is 1. The number of hydrogen-bond acceptors (Lipinski definition) is 3. The second kappa shape index (κ2) is 3.69. The van der Waals surface area contributed by atoms with Crippen LogP contribution in [0.1, 0.15) is 32.6 Å². The van der Waals surface area contributed by atoms with E-state index < -0.39 is 0 Å². The second-order valence-electron chi connectivity index (χ2n) is 4.20. The van der Waals surface area contributed by atoms with Crippen LogP contribution in [0.3, 0.4) is 0 Å². The van der Waals surface area contributed by atoms with E-state index in [-0.39, 0.29) is 11.9 Å². The molecule has 0 aromatic rings. The van der Waals surface area contributed by atoms with Gasteiger partial charge in [-0.25, -0.2) is 5.01 Å². The molecule has 14 heavy (non-hydrogen) atoms. The topological polar surface area (TPSA) is 58.7 Å². The van der Waals surface area contributed by atoms with Crippen LogP contribution in [-0.2, 0) is 4.79 Å². The second-order valence-corrected chi connectivity index (χ2v) is 4.20. The van der Waals surface area contributed by atoms with Crippen LogP contribution in [0.25, 0.3) is 0 Å². The van der Waals surface area contributed by atoms with Crippen LogP contribution in [0.5, 0.6) is 0 Å². The van der Waals surface area contributed by atoms with E-state index in [0.717, 1.165) is 12.1 Å². The Hall–Kier alpha value is -0.900. The molecule has 78 valence electrons. The molecule has 1 fully saturated rings. The molecule has 0 saturated heterocycles. The molecule has 1 heterocycles. The van der Waals surface area contributed by atoms with Gasteiger partial charge < -0.3 is 5.73 Å². The molecule has 0 bridgehead atoms. The van der Waals surface area contributed by atoms with Gasteiger partial charge in [0, 0.05) is 12.1 Å². The van der Waals surface area contributed by atoms with Crippen molar-refractivity contribution in [1.29, 1.82) is 0 Å². The highest BCUT2D eigenvalue weighted by Crippen LogP contribution is 2.36. The van der Waals surface area contributed by atoms with Gasteiger partial charge in [-0.1, -0.05) is 0 Å². The Morgan fingerprint density at radius 2 is 2.36 bits per heavy atom. The van der Waals surface area contributed by atoms with E-state index in [9.17, 15) is 4.79 Å². The minimum atomic E-state index is 0.146. The molecule has 0 spiro atoms. The third-order valence-corrected chi connectivity index (χ3v) is 2.98. The molecule has 1 unspecified atom stereocenters. The van der Waals surface area contributed by atoms with Crippen LogP contribution in [0, 0.1) is 5.92 Å². The quantitative estimate of drug-likeness (QED) is 0.718. The molecular formula is C10H17N3O. The fourth-order valence-electron chi connectivity index (χ4n) is 1.90. The van der Waals surface area contributed by atoms with E-state index >= 15 is 0 Å². The summed E-state index contributed by atoms with van der Waals surface area (Å²) >= 11 is 0. The zero-order valence-corrected chi connectivity index (χ0v) is 8.57. The van der Waals surface area contributed by atoms with Crippen LogP contribution in [0.4, 0.5) is 0 Å². The maximum atomic E-state index is 11.6. The zero-order chi connectivity index (χ0) is 10.1. The van der Waals surface area contributed by atoms with Crippen LogP contribution in [-0.4, -0.2) is 29.2 Å². The Balaban J connectivity index is 2.00. The number of rotatable bonds is 4. The molecule has 2 N–H and O–H groups in total. The predicted molar refractivity (Wildman–Crippen MR) is 54.8 cm³/mol. The van der Waals surface area contributed by atoms with E-state index in [1.54, 1.807) is 5.01 Å². The summed E-state index contributed by atoms with van der Waals surface area (Å²) in [5, 5.41) is 6.01. The lowest BCUT2D eigenvalue weighted by atomic mass is 10.2. The fourth-order valence-corrected chi connectivity index (χ4v) is 1.90. The first-order valence-electron chi connectivity index (χ1n) is 5.31. The first kappa shape index (κ1) is 9.65. The van der Waals surface area contributed by atoms with Gasteiger partial charge in [-0.05, 0) is 32.2 Å². The molecule has 4 heteroatoms. The van der Waals surface area contributed by atoms with Crippen molar-refractivity contribution < 1.29 is 4.79 Å². The van der Waals surface area contributed by atoms with Crippen molar-refractivity contribution in [3.8, 4) is 0 Å². The maximum absolute atomic E-state index is 11.6. The third-order valence-electron chi connectivity index (χ3n) is 2.98. The first-order valence-corrected chi connectivity index (χ1v) is 5.31. The van der Waals surface area contributed by atoms with Crippen LogP contribution < -0.4 is 5.73 Å². The molecular weight excluding hydrogens is 178 g/mol. The molecule has 1 atom stereocenters. The summed E-state index contributed by atoms with van der Waals surface area (Å²) in [5.41, 5.74) is 6.39. The average Bonchev–Trinajstić information content (AvgIpc) is 2.91. The van der Waals surface area contributed by atoms with E-state index in [1.165, 1.54) is 12.8 Å². The molecule has 0 radical (unpaired) electrons. The first-order chi connectivity index (χ1) is 6.72. The summed E-state index contributed by atoms with van der Waals surface area (Å²) in [6.07, 6.45) is 3.72.